The third-order valence-electron chi connectivity index (χ3n) is 3.56. The quantitative estimate of drug-likeness (QED) is 0.892. The van der Waals surface area contributed by atoms with Gasteiger partial charge in [-0.1, -0.05) is 0 Å². The third-order valence-corrected chi connectivity index (χ3v) is 3.56. The van der Waals surface area contributed by atoms with Gasteiger partial charge in [-0.25, -0.2) is 9.97 Å². The van der Waals surface area contributed by atoms with E-state index in [1.807, 2.05) is 0 Å². The van der Waals surface area contributed by atoms with Crippen molar-refractivity contribution < 1.29 is 18.0 Å². The summed E-state index contributed by atoms with van der Waals surface area (Å²) in [6.45, 7) is 3.05. The van der Waals surface area contributed by atoms with Crippen LogP contribution < -0.4 is 10.6 Å². The Balaban J connectivity index is 1.98. The first-order chi connectivity index (χ1) is 10.4. The highest BCUT2D eigenvalue weighted by Gasteiger charge is 2.33. The Morgan fingerprint density at radius 1 is 1.36 bits per heavy atom. The summed E-state index contributed by atoms with van der Waals surface area (Å²) in [7, 11) is 0. The predicted molar refractivity (Wildman–Crippen MR) is 73.8 cm³/mol. The number of hydrogen-bond donors (Lipinski definition) is 2. The number of hydrogen-bond acceptors (Lipinski definition) is 4. The second-order valence-corrected chi connectivity index (χ2v) is 5.40. The second-order valence-electron chi connectivity index (χ2n) is 5.40. The average Bonchev–Trinajstić information content (AvgIpc) is 2.72. The smallest absolute Gasteiger partial charge is 0.349 e. The van der Waals surface area contributed by atoms with Crippen molar-refractivity contribution in [2.75, 3.05) is 13.1 Å². The van der Waals surface area contributed by atoms with Gasteiger partial charge in [0, 0.05) is 11.6 Å². The van der Waals surface area contributed by atoms with Gasteiger partial charge >= 0.3 is 6.18 Å². The number of rotatable bonds is 3. The minimum absolute atomic E-state index is 0.0209. The van der Waals surface area contributed by atoms with Crippen LogP contribution in [0, 0.1) is 12.8 Å². The summed E-state index contributed by atoms with van der Waals surface area (Å²) in [4.78, 5) is 19.5. The fourth-order valence-electron chi connectivity index (χ4n) is 2.45. The van der Waals surface area contributed by atoms with Crippen LogP contribution in [-0.2, 0) is 17.5 Å². The molecule has 1 fully saturated rings. The highest BCUT2D eigenvalue weighted by molar-refractivity contribution is 5.78. The molecule has 122 valence electrons. The van der Waals surface area contributed by atoms with Gasteiger partial charge in [-0.05, 0) is 45.3 Å². The molecule has 1 aromatic rings. The zero-order chi connectivity index (χ0) is 16.2. The van der Waals surface area contributed by atoms with E-state index in [1.54, 1.807) is 0 Å². The Bertz CT molecular complexity index is 525. The van der Waals surface area contributed by atoms with Crippen LogP contribution in [0.15, 0.2) is 6.07 Å². The lowest BCUT2D eigenvalue weighted by molar-refractivity contribution is -0.141. The van der Waals surface area contributed by atoms with Crippen LogP contribution >= 0.6 is 0 Å². The lowest BCUT2D eigenvalue weighted by Crippen LogP contribution is -2.31. The summed E-state index contributed by atoms with van der Waals surface area (Å²) in [5, 5.41) is 5.85. The second kappa shape index (κ2) is 7.04. The van der Waals surface area contributed by atoms with E-state index < -0.39 is 11.9 Å². The fraction of sp³-hybridized carbons (Fsp3) is 0.643. The van der Waals surface area contributed by atoms with Gasteiger partial charge in [0.2, 0.25) is 5.91 Å². The molecule has 2 N–H and O–H groups in total. The maximum absolute atomic E-state index is 12.7. The van der Waals surface area contributed by atoms with E-state index in [2.05, 4.69) is 20.6 Å². The van der Waals surface area contributed by atoms with Crippen molar-refractivity contribution in [3.8, 4) is 0 Å². The van der Waals surface area contributed by atoms with E-state index in [0.717, 1.165) is 38.4 Å². The van der Waals surface area contributed by atoms with Crippen molar-refractivity contribution in [1.82, 2.24) is 20.6 Å². The Morgan fingerprint density at radius 2 is 2.14 bits per heavy atom. The van der Waals surface area contributed by atoms with E-state index in [4.69, 9.17) is 0 Å². The van der Waals surface area contributed by atoms with E-state index in [0.29, 0.717) is 0 Å². The zero-order valence-corrected chi connectivity index (χ0v) is 12.3. The molecule has 1 amide bonds. The maximum Gasteiger partial charge on any atom is 0.433 e. The van der Waals surface area contributed by atoms with E-state index >= 15 is 0 Å². The molecule has 8 heteroatoms. The van der Waals surface area contributed by atoms with Crippen LogP contribution in [0.5, 0.6) is 0 Å². The van der Waals surface area contributed by atoms with Gasteiger partial charge in [-0.3, -0.25) is 4.79 Å². The van der Waals surface area contributed by atoms with Crippen LogP contribution in [0.3, 0.4) is 0 Å². The first kappa shape index (κ1) is 16.7. The van der Waals surface area contributed by atoms with Crippen molar-refractivity contribution in [3.05, 3.63) is 23.3 Å². The molecule has 0 saturated carbocycles. The number of carbonyl (C=O) groups excluding carboxylic acids is 1. The van der Waals surface area contributed by atoms with Gasteiger partial charge in [0.25, 0.3) is 0 Å². The molecular weight excluding hydrogens is 297 g/mol. The topological polar surface area (TPSA) is 66.9 Å². The molecule has 0 spiro atoms. The van der Waals surface area contributed by atoms with E-state index in [1.165, 1.54) is 6.92 Å². The molecule has 5 nitrogen and oxygen atoms in total. The van der Waals surface area contributed by atoms with Crippen LogP contribution in [0.2, 0.25) is 0 Å². The summed E-state index contributed by atoms with van der Waals surface area (Å²) in [5.41, 5.74) is -0.756. The lowest BCUT2D eigenvalue weighted by Gasteiger charge is -2.14. The minimum Gasteiger partial charge on any atom is -0.349 e. The van der Waals surface area contributed by atoms with Crippen LogP contribution in [0.1, 0.15) is 36.5 Å². The van der Waals surface area contributed by atoms with Crippen molar-refractivity contribution in [1.29, 1.82) is 0 Å². The Kier molecular flexibility index (Phi) is 5.33. The number of aromatic nitrogens is 2. The number of nitrogens with one attached hydrogen (secondary N) is 2. The Labute approximate surface area is 126 Å². The number of aryl methyl sites for hydroxylation is 1. The molecule has 0 bridgehead atoms. The van der Waals surface area contributed by atoms with Crippen LogP contribution in [0.4, 0.5) is 13.2 Å². The fourth-order valence-corrected chi connectivity index (χ4v) is 2.45. The van der Waals surface area contributed by atoms with Crippen molar-refractivity contribution >= 4 is 5.91 Å². The first-order valence-corrected chi connectivity index (χ1v) is 7.26. The van der Waals surface area contributed by atoms with Crippen molar-refractivity contribution in [2.45, 2.75) is 38.9 Å². The SMILES string of the molecule is Cc1cc(C(F)(F)F)nc(CNC(=O)[C@H]2CCCNCC2)n1. The molecule has 0 unspecified atom stereocenters. The summed E-state index contributed by atoms with van der Waals surface area (Å²) in [6.07, 6.45) is -2.09. The average molecular weight is 316 g/mol. The number of amides is 1. The van der Waals surface area contributed by atoms with Gasteiger partial charge in [0.05, 0.1) is 6.54 Å². The highest BCUT2D eigenvalue weighted by Crippen LogP contribution is 2.27. The van der Waals surface area contributed by atoms with Gasteiger partial charge in [-0.2, -0.15) is 13.2 Å². The maximum atomic E-state index is 12.7. The largest absolute Gasteiger partial charge is 0.433 e. The number of nitrogens with zero attached hydrogens (tertiary/aromatic N) is 2. The molecule has 2 heterocycles. The Hall–Kier alpha value is -1.70. The summed E-state index contributed by atoms with van der Waals surface area (Å²) < 4.78 is 38.1. The standard InChI is InChI=1S/C14H19F3N4O/c1-9-7-11(14(15,16)17)21-12(20-9)8-19-13(22)10-3-2-5-18-6-4-10/h7,10,18H,2-6,8H2,1H3,(H,19,22)/t10-/m0/s1. The zero-order valence-electron chi connectivity index (χ0n) is 12.3. The normalized spacial score (nSPS) is 19.5. The van der Waals surface area contributed by atoms with Gasteiger partial charge < -0.3 is 10.6 Å². The first-order valence-electron chi connectivity index (χ1n) is 7.26. The van der Waals surface area contributed by atoms with E-state index in [-0.39, 0.29) is 29.9 Å². The van der Waals surface area contributed by atoms with Gasteiger partial charge in [0.15, 0.2) is 0 Å². The van der Waals surface area contributed by atoms with Crippen LogP contribution in [-0.4, -0.2) is 29.0 Å². The molecule has 22 heavy (non-hydrogen) atoms. The lowest BCUT2D eigenvalue weighted by atomic mass is 10.00. The number of halogens is 3. The molecule has 1 aliphatic heterocycles. The molecule has 1 aromatic heterocycles. The Morgan fingerprint density at radius 3 is 2.86 bits per heavy atom. The monoisotopic (exact) mass is 316 g/mol. The molecule has 0 aliphatic carbocycles. The van der Waals surface area contributed by atoms with E-state index in [9.17, 15) is 18.0 Å². The molecule has 2 rings (SSSR count). The molecular formula is C14H19F3N4O. The molecule has 0 aromatic carbocycles. The van der Waals surface area contributed by atoms with Crippen molar-refractivity contribution in [3.63, 3.8) is 0 Å². The van der Waals surface area contributed by atoms with Crippen LogP contribution in [0.25, 0.3) is 0 Å². The highest BCUT2D eigenvalue weighted by atomic mass is 19.4. The number of alkyl halides is 3. The summed E-state index contributed by atoms with van der Waals surface area (Å²) in [6, 6.07) is 0.891. The van der Waals surface area contributed by atoms with Gasteiger partial charge in [0.1, 0.15) is 11.5 Å². The summed E-state index contributed by atoms with van der Waals surface area (Å²) >= 11 is 0. The minimum atomic E-state index is -4.51. The molecule has 1 aliphatic rings. The third kappa shape index (κ3) is 4.66. The van der Waals surface area contributed by atoms with Gasteiger partial charge in [-0.15, -0.1) is 0 Å². The molecule has 1 saturated heterocycles. The predicted octanol–water partition coefficient (Wildman–Crippen LogP) is 1.81. The molecule has 1 atom stereocenters. The molecule has 0 radical (unpaired) electrons. The number of carbonyl (C=O) groups is 1. The summed E-state index contributed by atoms with van der Waals surface area (Å²) in [5.74, 6) is -0.281. The van der Waals surface area contributed by atoms with Crippen molar-refractivity contribution in [2.24, 2.45) is 5.92 Å².